The highest BCUT2D eigenvalue weighted by Gasteiger charge is 2.22. The van der Waals surface area contributed by atoms with Crippen LogP contribution in [0.2, 0.25) is 0 Å². The lowest BCUT2D eigenvalue weighted by Crippen LogP contribution is -2.30. The van der Waals surface area contributed by atoms with E-state index in [2.05, 4.69) is 15.3 Å². The Labute approximate surface area is 113 Å². The van der Waals surface area contributed by atoms with Gasteiger partial charge < -0.3 is 15.0 Å². The first-order valence-corrected chi connectivity index (χ1v) is 6.80. The van der Waals surface area contributed by atoms with E-state index in [9.17, 15) is 4.79 Å². The van der Waals surface area contributed by atoms with Crippen molar-refractivity contribution < 1.29 is 4.74 Å². The molecule has 2 heterocycles. The fraction of sp³-hybridized carbons (Fsp3) is 0.692. The molecule has 19 heavy (non-hydrogen) atoms. The summed E-state index contributed by atoms with van der Waals surface area (Å²) in [5.74, 6) is 0. The van der Waals surface area contributed by atoms with Gasteiger partial charge in [0.25, 0.3) is 5.56 Å². The summed E-state index contributed by atoms with van der Waals surface area (Å²) in [5, 5.41) is 7.41. The van der Waals surface area contributed by atoms with E-state index in [-0.39, 0.29) is 11.7 Å². The van der Waals surface area contributed by atoms with Crippen LogP contribution in [0.15, 0.2) is 17.1 Å². The maximum Gasteiger partial charge on any atom is 0.268 e. The fourth-order valence-corrected chi connectivity index (χ4v) is 2.28. The normalized spacial score (nSPS) is 19.1. The van der Waals surface area contributed by atoms with Crippen molar-refractivity contribution in [2.24, 2.45) is 0 Å². The average molecular weight is 266 g/mol. The van der Waals surface area contributed by atoms with Crippen molar-refractivity contribution in [1.82, 2.24) is 15.1 Å². The topological polar surface area (TPSA) is 59.4 Å². The van der Waals surface area contributed by atoms with Gasteiger partial charge in [0.2, 0.25) is 0 Å². The maximum atomic E-state index is 12.0. The molecule has 0 radical (unpaired) electrons. The van der Waals surface area contributed by atoms with Gasteiger partial charge in [0.15, 0.2) is 0 Å². The summed E-state index contributed by atoms with van der Waals surface area (Å²) in [6, 6.07) is 1.66. The smallest absolute Gasteiger partial charge is 0.268 e. The number of rotatable bonds is 6. The molecule has 0 amide bonds. The summed E-state index contributed by atoms with van der Waals surface area (Å²) < 4.78 is 6.82. The van der Waals surface area contributed by atoms with Gasteiger partial charge >= 0.3 is 0 Å². The molecule has 1 aromatic rings. The molecule has 1 N–H and O–H groups in total. The summed E-state index contributed by atoms with van der Waals surface area (Å²) in [6.45, 7) is 6.06. The van der Waals surface area contributed by atoms with Crippen molar-refractivity contribution in [2.45, 2.75) is 26.0 Å². The Kier molecular flexibility index (Phi) is 4.93. The monoisotopic (exact) mass is 266 g/mol. The van der Waals surface area contributed by atoms with Crippen LogP contribution >= 0.6 is 0 Å². The highest BCUT2D eigenvalue weighted by molar-refractivity contribution is 5.44. The SMILES string of the molecule is CCNCCn1ncc(N2CCC(OC)C2)cc1=O. The highest BCUT2D eigenvalue weighted by Crippen LogP contribution is 2.18. The number of anilines is 1. The Morgan fingerprint density at radius 2 is 2.42 bits per heavy atom. The van der Waals surface area contributed by atoms with E-state index in [4.69, 9.17) is 4.74 Å². The molecule has 1 aromatic heterocycles. The second kappa shape index (κ2) is 6.68. The number of ether oxygens (including phenoxy) is 1. The van der Waals surface area contributed by atoms with Crippen molar-refractivity contribution in [3.05, 3.63) is 22.6 Å². The molecule has 1 saturated heterocycles. The van der Waals surface area contributed by atoms with Crippen molar-refractivity contribution in [1.29, 1.82) is 0 Å². The Morgan fingerprint density at radius 1 is 1.58 bits per heavy atom. The number of aromatic nitrogens is 2. The number of hydrogen-bond donors (Lipinski definition) is 1. The quantitative estimate of drug-likeness (QED) is 0.739. The number of nitrogens with one attached hydrogen (secondary N) is 1. The van der Waals surface area contributed by atoms with Crippen molar-refractivity contribution in [2.75, 3.05) is 38.2 Å². The van der Waals surface area contributed by atoms with Gasteiger partial charge in [-0.2, -0.15) is 5.10 Å². The standard InChI is InChI=1S/C13H22N4O2/c1-3-14-5-7-17-13(18)8-11(9-15-17)16-6-4-12(10-16)19-2/h8-9,12,14H,3-7,10H2,1-2H3. The maximum absolute atomic E-state index is 12.0. The lowest BCUT2D eigenvalue weighted by Gasteiger charge is -2.18. The largest absolute Gasteiger partial charge is 0.380 e. The third kappa shape index (κ3) is 3.54. The van der Waals surface area contributed by atoms with Crippen LogP contribution < -0.4 is 15.8 Å². The zero-order chi connectivity index (χ0) is 13.7. The number of nitrogens with zero attached hydrogens (tertiary/aromatic N) is 3. The van der Waals surface area contributed by atoms with Crippen molar-refractivity contribution >= 4 is 5.69 Å². The summed E-state index contributed by atoms with van der Waals surface area (Å²) in [7, 11) is 1.73. The Bertz CT molecular complexity index is 460. The molecule has 1 aliphatic heterocycles. The summed E-state index contributed by atoms with van der Waals surface area (Å²) in [6.07, 6.45) is 3.03. The van der Waals surface area contributed by atoms with Crippen LogP contribution in [-0.4, -0.2) is 49.2 Å². The summed E-state index contributed by atoms with van der Waals surface area (Å²) in [5.41, 5.74) is 0.848. The molecular weight excluding hydrogens is 244 g/mol. The number of methoxy groups -OCH3 is 1. The van der Waals surface area contributed by atoms with Crippen molar-refractivity contribution in [3.8, 4) is 0 Å². The molecule has 106 valence electrons. The van der Waals surface area contributed by atoms with Gasteiger partial charge in [-0.1, -0.05) is 6.92 Å². The molecule has 0 aliphatic carbocycles. The molecule has 1 atom stereocenters. The molecule has 0 aromatic carbocycles. The predicted octanol–water partition coefficient (Wildman–Crippen LogP) is 0.0779. The van der Waals surface area contributed by atoms with E-state index < -0.39 is 0 Å². The van der Waals surface area contributed by atoms with Gasteiger partial charge in [-0.25, -0.2) is 4.68 Å². The van der Waals surface area contributed by atoms with Crippen LogP contribution in [0.5, 0.6) is 0 Å². The van der Waals surface area contributed by atoms with Gasteiger partial charge in [0.1, 0.15) is 0 Å². The number of hydrogen-bond acceptors (Lipinski definition) is 5. The first-order valence-electron chi connectivity index (χ1n) is 6.80. The van der Waals surface area contributed by atoms with Crippen LogP contribution in [0.25, 0.3) is 0 Å². The lowest BCUT2D eigenvalue weighted by molar-refractivity contribution is 0.121. The van der Waals surface area contributed by atoms with E-state index in [0.717, 1.165) is 38.3 Å². The van der Waals surface area contributed by atoms with Crippen LogP contribution in [-0.2, 0) is 11.3 Å². The fourth-order valence-electron chi connectivity index (χ4n) is 2.28. The van der Waals surface area contributed by atoms with Crippen LogP contribution in [0.1, 0.15) is 13.3 Å². The van der Waals surface area contributed by atoms with E-state index in [1.807, 2.05) is 6.92 Å². The van der Waals surface area contributed by atoms with Crippen LogP contribution in [0.4, 0.5) is 5.69 Å². The second-order valence-corrected chi connectivity index (χ2v) is 4.72. The first-order chi connectivity index (χ1) is 9.24. The third-order valence-electron chi connectivity index (χ3n) is 3.45. The zero-order valence-electron chi connectivity index (χ0n) is 11.6. The Hall–Kier alpha value is -1.40. The van der Waals surface area contributed by atoms with Gasteiger partial charge in [-0.15, -0.1) is 0 Å². The highest BCUT2D eigenvalue weighted by atomic mass is 16.5. The van der Waals surface area contributed by atoms with Gasteiger partial charge in [-0.05, 0) is 13.0 Å². The Morgan fingerprint density at radius 3 is 3.05 bits per heavy atom. The van der Waals surface area contributed by atoms with Crippen molar-refractivity contribution in [3.63, 3.8) is 0 Å². The van der Waals surface area contributed by atoms with E-state index in [0.29, 0.717) is 6.54 Å². The second-order valence-electron chi connectivity index (χ2n) is 4.72. The first kappa shape index (κ1) is 14.0. The molecule has 2 rings (SSSR count). The van der Waals surface area contributed by atoms with E-state index >= 15 is 0 Å². The van der Waals surface area contributed by atoms with Gasteiger partial charge in [0.05, 0.1) is 24.5 Å². The predicted molar refractivity (Wildman–Crippen MR) is 74.7 cm³/mol. The zero-order valence-corrected chi connectivity index (χ0v) is 11.6. The summed E-state index contributed by atoms with van der Waals surface area (Å²) in [4.78, 5) is 14.1. The van der Waals surface area contributed by atoms with E-state index in [1.54, 1.807) is 19.4 Å². The molecule has 6 heteroatoms. The molecule has 0 saturated carbocycles. The molecule has 0 spiro atoms. The molecule has 1 unspecified atom stereocenters. The van der Waals surface area contributed by atoms with Gasteiger partial charge in [0, 0.05) is 32.8 Å². The third-order valence-corrected chi connectivity index (χ3v) is 3.45. The minimum atomic E-state index is -0.0451. The minimum absolute atomic E-state index is 0.0451. The Balaban J connectivity index is 2.00. The van der Waals surface area contributed by atoms with Crippen LogP contribution in [0, 0.1) is 0 Å². The molecule has 1 aliphatic rings. The number of likely N-dealkylation sites (N-methyl/N-ethyl adjacent to an activating group) is 1. The van der Waals surface area contributed by atoms with Gasteiger partial charge in [-0.3, -0.25) is 4.79 Å². The molecule has 0 bridgehead atoms. The van der Waals surface area contributed by atoms with E-state index in [1.165, 1.54) is 4.68 Å². The van der Waals surface area contributed by atoms with Crippen LogP contribution in [0.3, 0.4) is 0 Å². The molecule has 6 nitrogen and oxygen atoms in total. The molecular formula is C13H22N4O2. The average Bonchev–Trinajstić information content (AvgIpc) is 2.89. The molecule has 1 fully saturated rings. The minimum Gasteiger partial charge on any atom is -0.380 e. The lowest BCUT2D eigenvalue weighted by atomic mass is 10.3. The summed E-state index contributed by atoms with van der Waals surface area (Å²) >= 11 is 0.